The lowest BCUT2D eigenvalue weighted by atomic mass is 10.1. The van der Waals surface area contributed by atoms with Gasteiger partial charge in [0.15, 0.2) is 0 Å². The monoisotopic (exact) mass is 287 g/mol. The quantitative estimate of drug-likeness (QED) is 0.365. The molecule has 0 saturated heterocycles. The number of nitrogens with zero attached hydrogens (tertiary/aromatic N) is 1. The van der Waals surface area contributed by atoms with E-state index in [0.29, 0.717) is 5.75 Å². The summed E-state index contributed by atoms with van der Waals surface area (Å²) < 4.78 is 10.1. The van der Waals surface area contributed by atoms with Crippen molar-refractivity contribution in [2.24, 2.45) is 0 Å². The summed E-state index contributed by atoms with van der Waals surface area (Å²) in [6.07, 6.45) is 0.112. The average molecular weight is 287 g/mol. The fourth-order valence-electron chi connectivity index (χ4n) is 1.71. The summed E-state index contributed by atoms with van der Waals surface area (Å²) in [5.74, 6) is 0.551. The van der Waals surface area contributed by atoms with Crippen LogP contribution < -0.4 is 9.47 Å². The molecule has 0 bridgehead atoms. The molecule has 0 atom stereocenters. The first-order chi connectivity index (χ1) is 10.1. The summed E-state index contributed by atoms with van der Waals surface area (Å²) in [7, 11) is 1.57. The lowest BCUT2D eigenvalue weighted by Crippen LogP contribution is -2.11. The maximum Gasteiger partial charge on any atom is 0.315 e. The van der Waals surface area contributed by atoms with Crippen LogP contribution in [0.1, 0.15) is 5.56 Å². The van der Waals surface area contributed by atoms with E-state index in [9.17, 15) is 14.9 Å². The van der Waals surface area contributed by atoms with Crippen molar-refractivity contribution in [3.63, 3.8) is 0 Å². The van der Waals surface area contributed by atoms with Gasteiger partial charge in [0.05, 0.1) is 18.5 Å². The van der Waals surface area contributed by atoms with Crippen LogP contribution >= 0.6 is 0 Å². The average Bonchev–Trinajstić information content (AvgIpc) is 2.48. The van der Waals surface area contributed by atoms with E-state index in [4.69, 9.17) is 9.47 Å². The molecule has 2 rings (SSSR count). The molecule has 2 aromatic carbocycles. The molecule has 0 aliphatic carbocycles. The summed E-state index contributed by atoms with van der Waals surface area (Å²) in [6.45, 7) is 0. The molecule has 0 spiro atoms. The van der Waals surface area contributed by atoms with Gasteiger partial charge in [-0.1, -0.05) is 12.1 Å². The molecule has 6 heteroatoms. The predicted molar refractivity (Wildman–Crippen MR) is 75.4 cm³/mol. The van der Waals surface area contributed by atoms with Crippen molar-refractivity contribution in [3.8, 4) is 11.5 Å². The van der Waals surface area contributed by atoms with Gasteiger partial charge >= 0.3 is 5.97 Å². The van der Waals surface area contributed by atoms with Crippen LogP contribution in [0, 0.1) is 10.1 Å². The first-order valence-electron chi connectivity index (χ1n) is 6.16. The highest BCUT2D eigenvalue weighted by Gasteiger charge is 2.09. The van der Waals surface area contributed by atoms with Crippen molar-refractivity contribution in [1.82, 2.24) is 0 Å². The van der Waals surface area contributed by atoms with E-state index in [-0.39, 0.29) is 17.9 Å². The molecule has 0 aromatic heterocycles. The van der Waals surface area contributed by atoms with Gasteiger partial charge in [-0.25, -0.2) is 0 Å². The number of rotatable bonds is 5. The molecule has 0 aliphatic rings. The highest BCUT2D eigenvalue weighted by molar-refractivity contribution is 5.75. The van der Waals surface area contributed by atoms with E-state index < -0.39 is 10.9 Å². The Morgan fingerprint density at radius 1 is 1.05 bits per heavy atom. The van der Waals surface area contributed by atoms with Crippen LogP contribution in [0.2, 0.25) is 0 Å². The highest BCUT2D eigenvalue weighted by Crippen LogP contribution is 2.18. The number of ether oxygens (including phenoxy) is 2. The second-order valence-electron chi connectivity index (χ2n) is 4.25. The summed E-state index contributed by atoms with van der Waals surface area (Å²) in [4.78, 5) is 21.8. The minimum Gasteiger partial charge on any atom is -0.497 e. The number of nitro benzene ring substituents is 1. The molecule has 0 heterocycles. The molecule has 0 radical (unpaired) electrons. The summed E-state index contributed by atoms with van der Waals surface area (Å²) in [5, 5.41) is 10.5. The number of hydrogen-bond acceptors (Lipinski definition) is 5. The predicted octanol–water partition coefficient (Wildman–Crippen LogP) is 2.75. The van der Waals surface area contributed by atoms with Gasteiger partial charge in [0.25, 0.3) is 5.69 Å². The van der Waals surface area contributed by atoms with E-state index in [2.05, 4.69) is 0 Å². The maximum atomic E-state index is 11.8. The number of benzene rings is 2. The number of non-ortho nitro benzene ring substituents is 1. The Bertz CT molecular complexity index is 634. The molecule has 0 amide bonds. The molecule has 0 aliphatic heterocycles. The Morgan fingerprint density at radius 3 is 2.14 bits per heavy atom. The zero-order valence-corrected chi connectivity index (χ0v) is 11.3. The topological polar surface area (TPSA) is 78.7 Å². The molecule has 108 valence electrons. The fraction of sp³-hybridized carbons (Fsp3) is 0.133. The SMILES string of the molecule is COc1ccc(CC(=O)Oc2ccc([N+](=O)[O-])cc2)cc1. The zero-order chi connectivity index (χ0) is 15.2. The Labute approximate surface area is 121 Å². The van der Waals surface area contributed by atoms with E-state index >= 15 is 0 Å². The third kappa shape index (κ3) is 4.04. The minimum absolute atomic E-state index is 0.0510. The number of nitro groups is 1. The minimum atomic E-state index is -0.511. The van der Waals surface area contributed by atoms with Crippen molar-refractivity contribution < 1.29 is 19.2 Å². The van der Waals surface area contributed by atoms with Gasteiger partial charge in [0, 0.05) is 12.1 Å². The van der Waals surface area contributed by atoms with Gasteiger partial charge in [-0.05, 0) is 29.8 Å². The lowest BCUT2D eigenvalue weighted by molar-refractivity contribution is -0.384. The van der Waals surface area contributed by atoms with Crippen molar-refractivity contribution >= 4 is 11.7 Å². The van der Waals surface area contributed by atoms with Crippen LogP contribution in [-0.2, 0) is 11.2 Å². The molecule has 0 saturated carbocycles. The summed E-state index contributed by atoms with van der Waals surface area (Å²) >= 11 is 0. The molecule has 0 unspecified atom stereocenters. The molecule has 0 fully saturated rings. The van der Waals surface area contributed by atoms with E-state index in [1.807, 2.05) is 0 Å². The van der Waals surface area contributed by atoms with Gasteiger partial charge in [-0.15, -0.1) is 0 Å². The van der Waals surface area contributed by atoms with Crippen molar-refractivity contribution in [2.75, 3.05) is 7.11 Å². The second-order valence-corrected chi connectivity index (χ2v) is 4.25. The third-order valence-corrected chi connectivity index (χ3v) is 2.79. The second kappa shape index (κ2) is 6.51. The highest BCUT2D eigenvalue weighted by atomic mass is 16.6. The van der Waals surface area contributed by atoms with E-state index in [0.717, 1.165) is 5.56 Å². The molecule has 6 nitrogen and oxygen atoms in total. The van der Waals surface area contributed by atoms with Crippen molar-refractivity contribution in [2.45, 2.75) is 6.42 Å². The van der Waals surface area contributed by atoms with Crippen LogP contribution in [0.3, 0.4) is 0 Å². The Kier molecular flexibility index (Phi) is 4.50. The van der Waals surface area contributed by atoms with Crippen LogP contribution in [0.25, 0.3) is 0 Å². The lowest BCUT2D eigenvalue weighted by Gasteiger charge is -2.05. The Morgan fingerprint density at radius 2 is 1.62 bits per heavy atom. The van der Waals surface area contributed by atoms with Crippen LogP contribution in [0.5, 0.6) is 11.5 Å². The largest absolute Gasteiger partial charge is 0.497 e. The zero-order valence-electron chi connectivity index (χ0n) is 11.3. The molecular formula is C15H13NO5. The number of esters is 1. The van der Waals surface area contributed by atoms with Gasteiger partial charge in [-0.2, -0.15) is 0 Å². The normalized spacial score (nSPS) is 9.95. The van der Waals surface area contributed by atoms with Crippen molar-refractivity contribution in [1.29, 1.82) is 0 Å². The number of hydrogen-bond donors (Lipinski definition) is 0. The van der Waals surface area contributed by atoms with Gasteiger partial charge < -0.3 is 9.47 Å². The first kappa shape index (κ1) is 14.5. The Hall–Kier alpha value is -2.89. The maximum absolute atomic E-state index is 11.8. The van der Waals surface area contributed by atoms with Crippen LogP contribution in [0.15, 0.2) is 48.5 Å². The Balaban J connectivity index is 1.95. The van der Waals surface area contributed by atoms with Crippen molar-refractivity contribution in [3.05, 3.63) is 64.2 Å². The first-order valence-corrected chi connectivity index (χ1v) is 6.16. The number of carbonyl (C=O) groups is 1. The summed E-state index contributed by atoms with van der Waals surface area (Å²) in [5.41, 5.74) is 0.743. The smallest absolute Gasteiger partial charge is 0.315 e. The summed E-state index contributed by atoms with van der Waals surface area (Å²) in [6, 6.07) is 12.4. The van der Waals surface area contributed by atoms with Crippen LogP contribution in [0.4, 0.5) is 5.69 Å². The fourth-order valence-corrected chi connectivity index (χ4v) is 1.71. The molecule has 21 heavy (non-hydrogen) atoms. The third-order valence-electron chi connectivity index (χ3n) is 2.79. The number of methoxy groups -OCH3 is 1. The van der Waals surface area contributed by atoms with E-state index in [1.54, 1.807) is 31.4 Å². The van der Waals surface area contributed by atoms with E-state index in [1.165, 1.54) is 24.3 Å². The standard InChI is InChI=1S/C15H13NO5/c1-20-13-6-2-11(3-7-13)10-15(17)21-14-8-4-12(5-9-14)16(18)19/h2-9H,10H2,1H3. The van der Waals surface area contributed by atoms with Crippen LogP contribution in [-0.4, -0.2) is 18.0 Å². The molecule has 0 N–H and O–H groups in total. The molecule has 2 aromatic rings. The molecular weight excluding hydrogens is 274 g/mol. The van der Waals surface area contributed by atoms with Gasteiger partial charge in [0.1, 0.15) is 11.5 Å². The van der Waals surface area contributed by atoms with Gasteiger partial charge in [0.2, 0.25) is 0 Å². The van der Waals surface area contributed by atoms with Gasteiger partial charge in [-0.3, -0.25) is 14.9 Å². The number of carbonyl (C=O) groups excluding carboxylic acids is 1.